The van der Waals surface area contributed by atoms with E-state index >= 15 is 0 Å². The van der Waals surface area contributed by atoms with E-state index in [0.29, 0.717) is 11.6 Å². The summed E-state index contributed by atoms with van der Waals surface area (Å²) in [6.45, 7) is 3.74. The summed E-state index contributed by atoms with van der Waals surface area (Å²) in [5, 5.41) is 14.2. The minimum absolute atomic E-state index is 0.182. The zero-order valence-corrected chi connectivity index (χ0v) is 11.6. The summed E-state index contributed by atoms with van der Waals surface area (Å²) in [6, 6.07) is 5.85. The first-order valence-electron chi connectivity index (χ1n) is 6.77. The highest BCUT2D eigenvalue weighted by atomic mass is 16.6. The van der Waals surface area contributed by atoms with Gasteiger partial charge in [0.1, 0.15) is 0 Å². The number of nitrogens with zero attached hydrogens (tertiary/aromatic N) is 2. The number of rotatable bonds is 4. The van der Waals surface area contributed by atoms with Gasteiger partial charge in [0.15, 0.2) is 0 Å². The summed E-state index contributed by atoms with van der Waals surface area (Å²) in [7, 11) is 2.14. The summed E-state index contributed by atoms with van der Waals surface area (Å²) in [5.74, 6) is 0. The number of aryl methyl sites for hydroxylation is 1. The van der Waals surface area contributed by atoms with Gasteiger partial charge in [-0.05, 0) is 39.4 Å². The van der Waals surface area contributed by atoms with Crippen LogP contribution >= 0.6 is 0 Å². The van der Waals surface area contributed by atoms with Crippen molar-refractivity contribution in [3.8, 4) is 0 Å². The van der Waals surface area contributed by atoms with Gasteiger partial charge in [-0.15, -0.1) is 0 Å². The maximum Gasteiger partial charge on any atom is 0.274 e. The Labute approximate surface area is 113 Å². The number of hydrogen-bond donors (Lipinski definition) is 1. The maximum atomic E-state index is 10.9. The van der Waals surface area contributed by atoms with Crippen molar-refractivity contribution in [1.29, 1.82) is 0 Å². The predicted octanol–water partition coefficient (Wildman–Crippen LogP) is 2.80. The molecule has 0 radical (unpaired) electrons. The Morgan fingerprint density at radius 2 is 2.26 bits per heavy atom. The quantitative estimate of drug-likeness (QED) is 0.670. The predicted molar refractivity (Wildman–Crippen MR) is 76.6 cm³/mol. The van der Waals surface area contributed by atoms with Crippen molar-refractivity contribution in [1.82, 2.24) is 4.90 Å². The summed E-state index contributed by atoms with van der Waals surface area (Å²) in [5.41, 5.74) is 1.71. The Kier molecular flexibility index (Phi) is 4.37. The number of hydrogen-bond acceptors (Lipinski definition) is 4. The molecule has 0 aromatic heterocycles. The largest absolute Gasteiger partial charge is 0.383 e. The zero-order valence-electron chi connectivity index (χ0n) is 11.6. The van der Waals surface area contributed by atoms with E-state index in [4.69, 9.17) is 0 Å². The summed E-state index contributed by atoms with van der Waals surface area (Å²) >= 11 is 0. The smallest absolute Gasteiger partial charge is 0.274 e. The lowest BCUT2D eigenvalue weighted by Gasteiger charge is -2.32. The van der Waals surface area contributed by atoms with Gasteiger partial charge in [-0.1, -0.05) is 12.5 Å². The van der Waals surface area contributed by atoms with Crippen LogP contribution in [0.4, 0.5) is 11.4 Å². The van der Waals surface area contributed by atoms with Gasteiger partial charge in [0.2, 0.25) is 0 Å². The molecule has 1 aromatic carbocycles. The van der Waals surface area contributed by atoms with Gasteiger partial charge >= 0.3 is 0 Å². The molecule has 0 aliphatic carbocycles. The number of likely N-dealkylation sites (tertiary alicyclic amines) is 1. The molecule has 2 rings (SSSR count). The molecule has 104 valence electrons. The van der Waals surface area contributed by atoms with Crippen LogP contribution in [0.5, 0.6) is 0 Å². The number of anilines is 1. The third kappa shape index (κ3) is 3.44. The third-order valence-corrected chi connectivity index (χ3v) is 3.87. The molecule has 1 aromatic rings. The molecule has 1 fully saturated rings. The fourth-order valence-corrected chi connectivity index (χ4v) is 2.55. The molecule has 5 heteroatoms. The van der Waals surface area contributed by atoms with Gasteiger partial charge < -0.3 is 10.2 Å². The Morgan fingerprint density at radius 1 is 1.47 bits per heavy atom. The molecule has 0 saturated carbocycles. The molecule has 1 heterocycles. The van der Waals surface area contributed by atoms with Gasteiger partial charge in [0, 0.05) is 29.9 Å². The minimum Gasteiger partial charge on any atom is -0.383 e. The van der Waals surface area contributed by atoms with Crippen molar-refractivity contribution in [2.24, 2.45) is 0 Å². The molecule has 1 saturated heterocycles. The van der Waals surface area contributed by atoms with Crippen LogP contribution in [0.1, 0.15) is 24.8 Å². The summed E-state index contributed by atoms with van der Waals surface area (Å²) in [4.78, 5) is 12.9. The molecular weight excluding hydrogens is 242 g/mol. The molecule has 0 bridgehead atoms. The number of benzene rings is 1. The highest BCUT2D eigenvalue weighted by Crippen LogP contribution is 2.23. The van der Waals surface area contributed by atoms with Crippen LogP contribution in [0, 0.1) is 17.0 Å². The average Bonchev–Trinajstić information content (AvgIpc) is 2.39. The highest BCUT2D eigenvalue weighted by molar-refractivity contribution is 5.54. The topological polar surface area (TPSA) is 58.4 Å². The molecule has 1 N–H and O–H groups in total. The van der Waals surface area contributed by atoms with E-state index in [-0.39, 0.29) is 10.6 Å². The van der Waals surface area contributed by atoms with Crippen molar-refractivity contribution in [2.75, 3.05) is 25.5 Å². The first-order chi connectivity index (χ1) is 9.08. The van der Waals surface area contributed by atoms with Gasteiger partial charge in [-0.3, -0.25) is 10.1 Å². The first kappa shape index (κ1) is 13.8. The van der Waals surface area contributed by atoms with Crippen molar-refractivity contribution in [2.45, 2.75) is 32.2 Å². The van der Waals surface area contributed by atoms with E-state index in [1.54, 1.807) is 19.1 Å². The minimum atomic E-state index is -0.326. The molecule has 1 aliphatic heterocycles. The molecule has 0 spiro atoms. The van der Waals surface area contributed by atoms with Crippen molar-refractivity contribution >= 4 is 11.4 Å². The standard InChI is InChI=1S/C14H21N3O2/c1-11-6-7-12(9-14(11)17(18)19)15-10-13-5-3-4-8-16(13)2/h6-7,9,13,15H,3-5,8,10H2,1-2H3. The molecule has 5 nitrogen and oxygen atoms in total. The van der Waals surface area contributed by atoms with Crippen LogP contribution in [0.3, 0.4) is 0 Å². The van der Waals surface area contributed by atoms with Crippen LogP contribution in [-0.2, 0) is 0 Å². The van der Waals surface area contributed by atoms with E-state index in [0.717, 1.165) is 18.8 Å². The Bertz CT molecular complexity index is 462. The molecule has 1 aliphatic rings. The second-order valence-corrected chi connectivity index (χ2v) is 5.27. The SMILES string of the molecule is Cc1ccc(NCC2CCCCN2C)cc1[N+](=O)[O-]. The normalized spacial score (nSPS) is 20.2. The molecule has 1 atom stereocenters. The number of nitro benzene ring substituents is 1. The third-order valence-electron chi connectivity index (χ3n) is 3.87. The second-order valence-electron chi connectivity index (χ2n) is 5.27. The second kappa shape index (κ2) is 6.02. The van der Waals surface area contributed by atoms with Crippen molar-refractivity contribution in [3.05, 3.63) is 33.9 Å². The summed E-state index contributed by atoms with van der Waals surface area (Å²) in [6.07, 6.45) is 3.73. The zero-order chi connectivity index (χ0) is 13.8. The van der Waals surface area contributed by atoms with E-state index in [1.807, 2.05) is 6.07 Å². The van der Waals surface area contributed by atoms with Crippen LogP contribution in [0.2, 0.25) is 0 Å². The molecular formula is C14H21N3O2. The number of nitrogens with one attached hydrogen (secondary N) is 1. The number of nitro groups is 1. The van der Waals surface area contributed by atoms with E-state index in [9.17, 15) is 10.1 Å². The molecule has 1 unspecified atom stereocenters. The Morgan fingerprint density at radius 3 is 2.95 bits per heavy atom. The molecule has 19 heavy (non-hydrogen) atoms. The van der Waals surface area contributed by atoms with Gasteiger partial charge in [-0.2, -0.15) is 0 Å². The average molecular weight is 263 g/mol. The van der Waals surface area contributed by atoms with Crippen LogP contribution in [0.25, 0.3) is 0 Å². The van der Waals surface area contributed by atoms with E-state index in [2.05, 4.69) is 17.3 Å². The van der Waals surface area contributed by atoms with E-state index < -0.39 is 0 Å². The molecule has 0 amide bonds. The lowest BCUT2D eigenvalue weighted by Crippen LogP contribution is -2.40. The van der Waals surface area contributed by atoms with Crippen molar-refractivity contribution in [3.63, 3.8) is 0 Å². The lowest BCUT2D eigenvalue weighted by atomic mass is 10.0. The number of likely N-dealkylation sites (N-methyl/N-ethyl adjacent to an activating group) is 1. The van der Waals surface area contributed by atoms with Gasteiger partial charge in [0.05, 0.1) is 4.92 Å². The Hall–Kier alpha value is -1.62. The fraction of sp³-hybridized carbons (Fsp3) is 0.571. The van der Waals surface area contributed by atoms with Crippen LogP contribution < -0.4 is 5.32 Å². The maximum absolute atomic E-state index is 10.9. The van der Waals surface area contributed by atoms with Crippen LogP contribution in [0.15, 0.2) is 18.2 Å². The number of piperidine rings is 1. The Balaban J connectivity index is 1.99. The van der Waals surface area contributed by atoms with Crippen molar-refractivity contribution < 1.29 is 4.92 Å². The van der Waals surface area contributed by atoms with Gasteiger partial charge in [-0.25, -0.2) is 0 Å². The fourth-order valence-electron chi connectivity index (χ4n) is 2.55. The highest BCUT2D eigenvalue weighted by Gasteiger charge is 2.18. The first-order valence-corrected chi connectivity index (χ1v) is 6.77. The summed E-state index contributed by atoms with van der Waals surface area (Å²) < 4.78 is 0. The van der Waals surface area contributed by atoms with Gasteiger partial charge in [0.25, 0.3) is 5.69 Å². The van der Waals surface area contributed by atoms with Crippen LogP contribution in [-0.4, -0.2) is 36.0 Å². The van der Waals surface area contributed by atoms with E-state index in [1.165, 1.54) is 19.3 Å². The lowest BCUT2D eigenvalue weighted by molar-refractivity contribution is -0.385. The monoisotopic (exact) mass is 263 g/mol.